The first-order chi connectivity index (χ1) is 24.2. The number of hydrogen-bond acceptors (Lipinski definition) is 1. The van der Waals surface area contributed by atoms with E-state index in [4.69, 9.17) is 0 Å². The Bertz CT molecular complexity index is 2210. The molecule has 1 heteroatoms. The van der Waals surface area contributed by atoms with E-state index in [-0.39, 0.29) is 10.8 Å². The summed E-state index contributed by atoms with van der Waals surface area (Å²) >= 11 is 0. The smallest absolute Gasteiger partial charge is 0.0540 e. The van der Waals surface area contributed by atoms with Crippen molar-refractivity contribution < 1.29 is 0 Å². The molecule has 0 N–H and O–H groups in total. The Balaban J connectivity index is 1.30. The van der Waals surface area contributed by atoms with Crippen molar-refractivity contribution in [3.05, 3.63) is 187 Å². The molecule has 0 radical (unpaired) electrons. The van der Waals surface area contributed by atoms with Gasteiger partial charge >= 0.3 is 0 Å². The zero-order valence-corrected chi connectivity index (χ0v) is 29.6. The van der Waals surface area contributed by atoms with Crippen LogP contribution in [0.5, 0.6) is 0 Å². The molecule has 0 aromatic heterocycles. The summed E-state index contributed by atoms with van der Waals surface area (Å²) < 4.78 is 0. The largest absolute Gasteiger partial charge is 0.310 e. The Morgan fingerprint density at radius 2 is 0.920 bits per heavy atom. The first kappa shape index (κ1) is 31.6. The minimum atomic E-state index is -0.100. The summed E-state index contributed by atoms with van der Waals surface area (Å²) in [4.78, 5) is 2.42. The molecule has 7 aromatic carbocycles. The maximum atomic E-state index is 2.46. The summed E-state index contributed by atoms with van der Waals surface area (Å²) in [6.45, 7) is 11.7. The van der Waals surface area contributed by atoms with Crippen LogP contribution in [0.4, 0.5) is 17.1 Å². The molecule has 50 heavy (non-hydrogen) atoms. The molecule has 1 aliphatic rings. The van der Waals surface area contributed by atoms with E-state index in [1.807, 2.05) is 0 Å². The average Bonchev–Trinajstić information content (AvgIpc) is 3.39. The molecule has 244 valence electrons. The van der Waals surface area contributed by atoms with Gasteiger partial charge < -0.3 is 4.90 Å². The first-order valence-corrected chi connectivity index (χ1v) is 17.7. The normalized spacial score (nSPS) is 13.1. The third kappa shape index (κ3) is 5.53. The molecule has 1 nitrogen and oxygen atoms in total. The minimum absolute atomic E-state index is 0.0853. The molecular weight excluding hydrogens is 603 g/mol. The maximum absolute atomic E-state index is 2.46. The number of anilines is 3. The van der Waals surface area contributed by atoms with Crippen LogP contribution in [0.15, 0.2) is 170 Å². The molecule has 8 rings (SSSR count). The van der Waals surface area contributed by atoms with E-state index >= 15 is 0 Å². The number of hydrogen-bond donors (Lipinski definition) is 0. The molecule has 0 saturated carbocycles. The molecule has 0 unspecified atom stereocenters. The molecule has 0 aliphatic heterocycles. The molecule has 0 spiro atoms. The molecule has 7 aromatic rings. The highest BCUT2D eigenvalue weighted by Crippen LogP contribution is 2.54. The van der Waals surface area contributed by atoms with Crippen molar-refractivity contribution in [2.24, 2.45) is 0 Å². The van der Waals surface area contributed by atoms with Crippen molar-refractivity contribution in [2.75, 3.05) is 4.90 Å². The van der Waals surface area contributed by atoms with E-state index in [1.165, 1.54) is 61.2 Å². The van der Waals surface area contributed by atoms with Gasteiger partial charge in [-0.15, -0.1) is 0 Å². The van der Waals surface area contributed by atoms with Gasteiger partial charge in [0.2, 0.25) is 0 Å². The quantitative estimate of drug-likeness (QED) is 0.174. The second-order valence-corrected chi connectivity index (χ2v) is 15.0. The average molecular weight is 646 g/mol. The van der Waals surface area contributed by atoms with Crippen LogP contribution < -0.4 is 4.90 Å². The van der Waals surface area contributed by atoms with Crippen molar-refractivity contribution in [2.45, 2.75) is 45.4 Å². The lowest BCUT2D eigenvalue weighted by Gasteiger charge is -2.29. The Morgan fingerprint density at radius 1 is 0.420 bits per heavy atom. The van der Waals surface area contributed by atoms with Crippen LogP contribution in [0.3, 0.4) is 0 Å². The lowest BCUT2D eigenvalue weighted by atomic mass is 9.79. The maximum Gasteiger partial charge on any atom is 0.0540 e. The van der Waals surface area contributed by atoms with Gasteiger partial charge in [0, 0.05) is 22.4 Å². The lowest BCUT2D eigenvalue weighted by molar-refractivity contribution is 0.584. The Morgan fingerprint density at radius 3 is 1.48 bits per heavy atom. The summed E-state index contributed by atoms with van der Waals surface area (Å²) in [6.07, 6.45) is 0. The Kier molecular flexibility index (Phi) is 7.80. The monoisotopic (exact) mass is 645 g/mol. The highest BCUT2D eigenvalue weighted by Gasteiger charge is 2.38. The number of nitrogens with zero attached hydrogens (tertiary/aromatic N) is 1. The van der Waals surface area contributed by atoms with Gasteiger partial charge in [-0.1, -0.05) is 174 Å². The van der Waals surface area contributed by atoms with E-state index < -0.39 is 0 Å². The van der Waals surface area contributed by atoms with E-state index in [1.54, 1.807) is 0 Å². The SMILES string of the molecule is CC(C)(C)c1ccc2c(c1)C(C)(C)c1cccc(-c3ccccc3N(c3ccc(-c4ccccc4)cc3)c3ccc(-c4ccccc4)cc3)c1-2. The topological polar surface area (TPSA) is 3.24 Å². The van der Waals surface area contributed by atoms with Crippen LogP contribution in [0.2, 0.25) is 0 Å². The van der Waals surface area contributed by atoms with Gasteiger partial charge in [-0.3, -0.25) is 0 Å². The van der Waals surface area contributed by atoms with Crippen molar-refractivity contribution in [3.63, 3.8) is 0 Å². The van der Waals surface area contributed by atoms with E-state index in [0.717, 1.165) is 17.1 Å². The van der Waals surface area contributed by atoms with E-state index in [0.29, 0.717) is 0 Å². The molecule has 0 fully saturated rings. The van der Waals surface area contributed by atoms with Crippen LogP contribution in [-0.4, -0.2) is 0 Å². The predicted molar refractivity (Wildman–Crippen MR) is 214 cm³/mol. The van der Waals surface area contributed by atoms with Crippen LogP contribution in [0.25, 0.3) is 44.5 Å². The van der Waals surface area contributed by atoms with Gasteiger partial charge in [0.25, 0.3) is 0 Å². The highest BCUT2D eigenvalue weighted by atomic mass is 15.1. The van der Waals surface area contributed by atoms with E-state index in [2.05, 4.69) is 209 Å². The van der Waals surface area contributed by atoms with Crippen LogP contribution in [0, 0.1) is 0 Å². The third-order valence-electron chi connectivity index (χ3n) is 10.5. The lowest BCUT2D eigenvalue weighted by Crippen LogP contribution is -2.17. The standard InChI is InChI=1S/C49H43N/c1-48(2,3)38-27-32-43-45(33-38)49(4,5)44-21-14-20-42(47(43)44)41-19-12-13-22-46(41)50(39-28-23-36(24-29-39)34-15-8-6-9-16-34)40-30-25-37(26-31-40)35-17-10-7-11-18-35/h6-33H,1-5H3. The van der Waals surface area contributed by atoms with Crippen molar-refractivity contribution in [3.8, 4) is 44.5 Å². The predicted octanol–water partition coefficient (Wildman–Crippen LogP) is 13.8. The molecule has 0 atom stereocenters. The minimum Gasteiger partial charge on any atom is -0.310 e. The zero-order chi connectivity index (χ0) is 34.5. The van der Waals surface area contributed by atoms with Gasteiger partial charge in [0.1, 0.15) is 0 Å². The third-order valence-corrected chi connectivity index (χ3v) is 10.5. The van der Waals surface area contributed by atoms with Gasteiger partial charge in [-0.25, -0.2) is 0 Å². The molecular formula is C49H43N. The van der Waals surface area contributed by atoms with Crippen molar-refractivity contribution in [1.82, 2.24) is 0 Å². The number of fused-ring (bicyclic) bond motifs is 3. The van der Waals surface area contributed by atoms with Gasteiger partial charge in [0.15, 0.2) is 0 Å². The fourth-order valence-electron chi connectivity index (χ4n) is 7.67. The second-order valence-electron chi connectivity index (χ2n) is 15.0. The van der Waals surface area contributed by atoms with Crippen molar-refractivity contribution >= 4 is 17.1 Å². The first-order valence-electron chi connectivity index (χ1n) is 17.7. The summed E-state index contributed by atoms with van der Waals surface area (Å²) in [6, 6.07) is 62.2. The van der Waals surface area contributed by atoms with Crippen LogP contribution >= 0.6 is 0 Å². The van der Waals surface area contributed by atoms with E-state index in [9.17, 15) is 0 Å². The fraction of sp³-hybridized carbons (Fsp3) is 0.143. The molecule has 0 saturated heterocycles. The van der Waals surface area contributed by atoms with Crippen LogP contribution in [0.1, 0.15) is 51.3 Å². The van der Waals surface area contributed by atoms with Crippen molar-refractivity contribution in [1.29, 1.82) is 0 Å². The second kappa shape index (κ2) is 12.3. The fourth-order valence-corrected chi connectivity index (χ4v) is 7.67. The Hall–Kier alpha value is -5.66. The van der Waals surface area contributed by atoms with Gasteiger partial charge in [-0.05, 0) is 91.4 Å². The molecule has 0 heterocycles. The number of para-hydroxylation sites is 1. The Labute approximate surface area is 297 Å². The van der Waals surface area contributed by atoms with Gasteiger partial charge in [-0.2, -0.15) is 0 Å². The summed E-state index contributed by atoms with van der Waals surface area (Å²) in [5.74, 6) is 0. The zero-order valence-electron chi connectivity index (χ0n) is 29.6. The highest BCUT2D eigenvalue weighted by molar-refractivity contribution is 5.98. The van der Waals surface area contributed by atoms with Crippen LogP contribution in [-0.2, 0) is 10.8 Å². The molecule has 0 bridgehead atoms. The number of benzene rings is 7. The summed E-state index contributed by atoms with van der Waals surface area (Å²) in [5, 5.41) is 0. The summed E-state index contributed by atoms with van der Waals surface area (Å²) in [5.41, 5.74) is 17.6. The number of rotatable bonds is 6. The molecule has 0 amide bonds. The van der Waals surface area contributed by atoms with Gasteiger partial charge in [0.05, 0.1) is 5.69 Å². The summed E-state index contributed by atoms with van der Waals surface area (Å²) in [7, 11) is 0. The molecule has 1 aliphatic carbocycles.